The molecule has 3 N–H and O–H groups in total. The van der Waals surface area contributed by atoms with E-state index in [-0.39, 0.29) is 36.6 Å². The van der Waals surface area contributed by atoms with Crippen LogP contribution in [0.15, 0.2) is 71.3 Å². The van der Waals surface area contributed by atoms with Crippen LogP contribution in [-0.4, -0.2) is 47.2 Å². The molecule has 0 bridgehead atoms. The molecule has 188 valence electrons. The van der Waals surface area contributed by atoms with Crippen LogP contribution in [0.2, 0.25) is 0 Å². The molecule has 4 rings (SSSR count). The topological polar surface area (TPSA) is 118 Å². The molecule has 1 aliphatic carbocycles. The van der Waals surface area contributed by atoms with Gasteiger partial charge in [-0.15, -0.1) is 0 Å². The van der Waals surface area contributed by atoms with Crippen molar-refractivity contribution in [2.24, 2.45) is 0 Å². The molecule has 2 amide bonds. The number of carboxylic acid groups (broad SMARTS) is 1. The van der Waals surface area contributed by atoms with E-state index in [9.17, 15) is 19.5 Å². The van der Waals surface area contributed by atoms with Gasteiger partial charge in [0.2, 0.25) is 5.91 Å². The summed E-state index contributed by atoms with van der Waals surface area (Å²) in [4.78, 5) is 36.2. The van der Waals surface area contributed by atoms with E-state index in [4.69, 9.17) is 9.15 Å². The van der Waals surface area contributed by atoms with Gasteiger partial charge in [-0.1, -0.05) is 48.5 Å². The van der Waals surface area contributed by atoms with Gasteiger partial charge in [-0.3, -0.25) is 4.79 Å². The molecule has 2 aromatic carbocycles. The third-order valence-electron chi connectivity index (χ3n) is 6.07. The van der Waals surface area contributed by atoms with Crippen molar-refractivity contribution in [2.45, 2.75) is 31.3 Å². The highest BCUT2D eigenvalue weighted by atomic mass is 32.2. The summed E-state index contributed by atoms with van der Waals surface area (Å²) in [6.07, 6.45) is 0.924. The van der Waals surface area contributed by atoms with Crippen molar-refractivity contribution < 1.29 is 28.6 Å². The maximum atomic E-state index is 12.4. The van der Waals surface area contributed by atoms with Gasteiger partial charge < -0.3 is 24.9 Å². The fourth-order valence-corrected chi connectivity index (χ4v) is 5.11. The normalized spacial score (nSPS) is 13.8. The lowest BCUT2D eigenvalue weighted by Crippen LogP contribution is -2.41. The first-order chi connectivity index (χ1) is 17.4. The van der Waals surface area contributed by atoms with Crippen LogP contribution in [0.25, 0.3) is 11.1 Å². The average molecular weight is 509 g/mol. The Morgan fingerprint density at radius 1 is 1.00 bits per heavy atom. The van der Waals surface area contributed by atoms with E-state index in [0.29, 0.717) is 11.5 Å². The molecule has 0 radical (unpaired) electrons. The first kappa shape index (κ1) is 25.4. The number of hydrogen-bond donors (Lipinski definition) is 3. The number of aliphatic carboxylic acids is 1. The lowest BCUT2D eigenvalue weighted by Gasteiger charge is -2.17. The maximum Gasteiger partial charge on any atom is 0.407 e. The summed E-state index contributed by atoms with van der Waals surface area (Å²) in [6, 6.07) is 18.2. The van der Waals surface area contributed by atoms with E-state index in [1.807, 2.05) is 55.5 Å². The number of hydrogen-bond acceptors (Lipinski definition) is 6. The largest absolute Gasteiger partial charge is 0.480 e. The molecule has 8 nitrogen and oxygen atoms in total. The molecule has 0 fully saturated rings. The molecule has 9 heteroatoms. The van der Waals surface area contributed by atoms with Crippen molar-refractivity contribution in [1.29, 1.82) is 0 Å². The van der Waals surface area contributed by atoms with Gasteiger partial charge in [-0.25, -0.2) is 9.59 Å². The average Bonchev–Trinajstić information content (AvgIpc) is 3.51. The predicted octanol–water partition coefficient (Wildman–Crippen LogP) is 4.57. The number of nitrogens with one attached hydrogen (secondary N) is 2. The summed E-state index contributed by atoms with van der Waals surface area (Å²) in [5.74, 6) is -0.234. The van der Waals surface area contributed by atoms with E-state index in [1.54, 1.807) is 18.4 Å². The second-order valence-corrected chi connectivity index (χ2v) is 9.61. The van der Waals surface area contributed by atoms with E-state index >= 15 is 0 Å². The molecule has 1 aliphatic rings. The Kier molecular flexibility index (Phi) is 8.32. The van der Waals surface area contributed by atoms with Crippen molar-refractivity contribution in [2.75, 3.05) is 18.1 Å². The number of benzene rings is 2. The number of fused-ring (bicyclic) bond motifs is 3. The standard InChI is InChI=1S/C27H28N2O6S/c1-17(24-11-6-13-34-24)28-25(30)16-36-14-12-23(26(31)32)29-27(33)35-15-22-20-9-4-2-7-18(20)19-8-3-5-10-21(19)22/h2-11,13,17,22-23H,12,14-16H2,1H3,(H,28,30)(H,29,33)(H,31,32). The van der Waals surface area contributed by atoms with Gasteiger partial charge in [0.25, 0.3) is 0 Å². The van der Waals surface area contributed by atoms with Crippen LogP contribution < -0.4 is 10.6 Å². The molecule has 1 aromatic heterocycles. The highest BCUT2D eigenvalue weighted by molar-refractivity contribution is 7.99. The molecule has 2 unspecified atom stereocenters. The molecule has 3 aromatic rings. The molecule has 36 heavy (non-hydrogen) atoms. The lowest BCUT2D eigenvalue weighted by molar-refractivity contribution is -0.139. The fraction of sp³-hybridized carbons (Fsp3) is 0.296. The summed E-state index contributed by atoms with van der Waals surface area (Å²) < 4.78 is 10.7. The molecule has 1 heterocycles. The highest BCUT2D eigenvalue weighted by Gasteiger charge is 2.29. The Bertz CT molecular complexity index is 1170. The van der Waals surface area contributed by atoms with Crippen LogP contribution >= 0.6 is 11.8 Å². The van der Waals surface area contributed by atoms with Gasteiger partial charge in [0.15, 0.2) is 0 Å². The van der Waals surface area contributed by atoms with E-state index < -0.39 is 18.1 Å². The molecular formula is C27H28N2O6S. The Morgan fingerprint density at radius 2 is 1.67 bits per heavy atom. The van der Waals surface area contributed by atoms with Gasteiger partial charge in [0.05, 0.1) is 18.1 Å². The van der Waals surface area contributed by atoms with Gasteiger partial charge in [-0.05, 0) is 53.5 Å². The second-order valence-electron chi connectivity index (χ2n) is 8.51. The van der Waals surface area contributed by atoms with E-state index in [0.717, 1.165) is 22.3 Å². The number of carbonyl (C=O) groups excluding carboxylic acids is 2. The van der Waals surface area contributed by atoms with Crippen molar-refractivity contribution in [1.82, 2.24) is 10.6 Å². The third-order valence-corrected chi connectivity index (χ3v) is 7.06. The SMILES string of the molecule is CC(NC(=O)CSCCC(NC(=O)OCC1c2ccccc2-c2ccccc21)C(=O)O)c1ccco1. The minimum Gasteiger partial charge on any atom is -0.480 e. The summed E-state index contributed by atoms with van der Waals surface area (Å²) in [6.45, 7) is 1.93. The number of carboxylic acids is 1. The number of rotatable bonds is 11. The number of thioether (sulfide) groups is 1. The molecule has 2 atom stereocenters. The molecule has 0 aliphatic heterocycles. The number of furan rings is 1. The van der Waals surface area contributed by atoms with E-state index in [2.05, 4.69) is 10.6 Å². The molecular weight excluding hydrogens is 480 g/mol. The smallest absolute Gasteiger partial charge is 0.407 e. The lowest BCUT2D eigenvalue weighted by atomic mass is 9.98. The molecule has 0 saturated carbocycles. The van der Waals surface area contributed by atoms with Crippen molar-refractivity contribution in [3.05, 3.63) is 83.8 Å². The zero-order valence-electron chi connectivity index (χ0n) is 19.8. The Hall–Kier alpha value is -3.72. The molecule has 0 saturated heterocycles. The maximum absolute atomic E-state index is 12.4. The van der Waals surface area contributed by atoms with Crippen molar-refractivity contribution in [3.8, 4) is 11.1 Å². The van der Waals surface area contributed by atoms with Crippen LogP contribution in [0.4, 0.5) is 4.79 Å². The zero-order chi connectivity index (χ0) is 25.5. The Labute approximate surface area is 213 Å². The third kappa shape index (κ3) is 6.09. The minimum absolute atomic E-state index is 0.106. The summed E-state index contributed by atoms with van der Waals surface area (Å²) in [5.41, 5.74) is 4.39. The van der Waals surface area contributed by atoms with Crippen LogP contribution in [0, 0.1) is 0 Å². The number of ether oxygens (including phenoxy) is 1. The first-order valence-corrected chi connectivity index (χ1v) is 12.8. The number of carbonyl (C=O) groups is 3. The zero-order valence-corrected chi connectivity index (χ0v) is 20.6. The first-order valence-electron chi connectivity index (χ1n) is 11.7. The van der Waals surface area contributed by atoms with Crippen LogP contribution in [0.1, 0.15) is 42.2 Å². The fourth-order valence-electron chi connectivity index (χ4n) is 4.30. The van der Waals surface area contributed by atoms with E-state index in [1.165, 1.54) is 11.8 Å². The van der Waals surface area contributed by atoms with Crippen LogP contribution in [0.5, 0.6) is 0 Å². The molecule has 0 spiro atoms. The van der Waals surface area contributed by atoms with Gasteiger partial charge in [0.1, 0.15) is 18.4 Å². The van der Waals surface area contributed by atoms with Gasteiger partial charge in [0, 0.05) is 5.92 Å². The summed E-state index contributed by atoms with van der Waals surface area (Å²) in [7, 11) is 0. The highest BCUT2D eigenvalue weighted by Crippen LogP contribution is 2.44. The van der Waals surface area contributed by atoms with Gasteiger partial charge >= 0.3 is 12.1 Å². The number of amides is 2. The quantitative estimate of drug-likeness (QED) is 0.325. The van der Waals surface area contributed by atoms with Crippen LogP contribution in [0.3, 0.4) is 0 Å². The monoisotopic (exact) mass is 508 g/mol. The Morgan fingerprint density at radius 3 is 2.28 bits per heavy atom. The van der Waals surface area contributed by atoms with Crippen LogP contribution in [-0.2, 0) is 14.3 Å². The van der Waals surface area contributed by atoms with Crippen molar-refractivity contribution >= 4 is 29.7 Å². The minimum atomic E-state index is -1.15. The predicted molar refractivity (Wildman–Crippen MR) is 137 cm³/mol. The van der Waals surface area contributed by atoms with Gasteiger partial charge in [-0.2, -0.15) is 11.8 Å². The summed E-state index contributed by atoms with van der Waals surface area (Å²) >= 11 is 1.29. The second kappa shape index (κ2) is 11.8. The Balaban J connectivity index is 1.23. The number of alkyl carbamates (subject to hydrolysis) is 1. The van der Waals surface area contributed by atoms with Crippen molar-refractivity contribution in [3.63, 3.8) is 0 Å². The summed E-state index contributed by atoms with van der Waals surface area (Å²) in [5, 5.41) is 14.8.